The summed E-state index contributed by atoms with van der Waals surface area (Å²) in [7, 11) is 0. The van der Waals surface area contributed by atoms with Crippen molar-refractivity contribution >= 4 is 0 Å². The summed E-state index contributed by atoms with van der Waals surface area (Å²) in [5.41, 5.74) is 0. The van der Waals surface area contributed by atoms with Gasteiger partial charge in [0, 0.05) is 4.92 Å². The first-order valence-corrected chi connectivity index (χ1v) is 2.59. The molecule has 4 heteroatoms. The second kappa shape index (κ2) is 3.88. The maximum Gasteiger partial charge on any atom is 0.259 e. The lowest BCUT2D eigenvalue weighted by atomic mass is 10.6. The predicted molar refractivity (Wildman–Crippen MR) is 32.6 cm³/mol. The fourth-order valence-corrected chi connectivity index (χ4v) is 0.394. The molecule has 0 fully saturated rings. The summed E-state index contributed by atoms with van der Waals surface area (Å²) in [4.78, 5) is 9.28. The molecule has 0 saturated carbocycles. The van der Waals surface area contributed by atoms with E-state index in [0.29, 0.717) is 6.61 Å². The topological polar surface area (TPSA) is 52.4 Å². The molecule has 0 bridgehead atoms. The van der Waals surface area contributed by atoms with Crippen molar-refractivity contribution in [3.05, 3.63) is 22.5 Å². The number of rotatable bonds is 4. The molecule has 0 unspecified atom stereocenters. The standard InChI is InChI=1S/C5H9NO3/c1-3-9-5(2)4-6(7)8/h2-4H2,1H3. The third-order valence-corrected chi connectivity index (χ3v) is 0.654. The molecule has 0 radical (unpaired) electrons. The van der Waals surface area contributed by atoms with Crippen LogP contribution < -0.4 is 0 Å². The largest absolute Gasteiger partial charge is 0.492 e. The van der Waals surface area contributed by atoms with Crippen LogP contribution in [0.1, 0.15) is 6.92 Å². The lowest BCUT2D eigenvalue weighted by molar-refractivity contribution is -0.475. The Labute approximate surface area is 53.3 Å². The SMILES string of the molecule is C=C(C[N+](=O)[O-])OCC. The fraction of sp³-hybridized carbons (Fsp3) is 0.600. The van der Waals surface area contributed by atoms with Crippen molar-refractivity contribution in [2.75, 3.05) is 13.2 Å². The Hall–Kier alpha value is -1.06. The maximum absolute atomic E-state index is 9.75. The van der Waals surface area contributed by atoms with Gasteiger partial charge < -0.3 is 4.74 Å². The number of hydrogen-bond acceptors (Lipinski definition) is 3. The van der Waals surface area contributed by atoms with Gasteiger partial charge in [0.25, 0.3) is 6.54 Å². The van der Waals surface area contributed by atoms with E-state index in [4.69, 9.17) is 4.74 Å². The average Bonchev–Trinajstić information content (AvgIpc) is 1.63. The van der Waals surface area contributed by atoms with Gasteiger partial charge in [0.05, 0.1) is 6.61 Å². The van der Waals surface area contributed by atoms with Gasteiger partial charge in [0.15, 0.2) is 5.76 Å². The molecule has 0 N–H and O–H groups in total. The van der Waals surface area contributed by atoms with Gasteiger partial charge in [-0.15, -0.1) is 0 Å². The first-order chi connectivity index (χ1) is 4.16. The van der Waals surface area contributed by atoms with E-state index in [1.54, 1.807) is 6.92 Å². The number of ether oxygens (including phenoxy) is 1. The Bertz CT molecular complexity index is 121. The summed E-state index contributed by atoms with van der Waals surface area (Å²) in [5, 5.41) is 9.75. The van der Waals surface area contributed by atoms with Crippen molar-refractivity contribution in [1.82, 2.24) is 0 Å². The van der Waals surface area contributed by atoms with Crippen LogP contribution in [0, 0.1) is 10.1 Å². The summed E-state index contributed by atoms with van der Waals surface area (Å²) in [5.74, 6) is 0.211. The van der Waals surface area contributed by atoms with Crippen molar-refractivity contribution < 1.29 is 9.66 Å². The smallest absolute Gasteiger partial charge is 0.259 e. The summed E-state index contributed by atoms with van der Waals surface area (Å²) in [6, 6.07) is 0. The molecule has 0 aromatic heterocycles. The van der Waals surface area contributed by atoms with Crippen LogP contribution in [0.2, 0.25) is 0 Å². The second-order valence-corrected chi connectivity index (χ2v) is 1.46. The Kier molecular flexibility index (Phi) is 3.43. The van der Waals surface area contributed by atoms with E-state index in [-0.39, 0.29) is 12.3 Å². The van der Waals surface area contributed by atoms with Crippen molar-refractivity contribution in [1.29, 1.82) is 0 Å². The monoisotopic (exact) mass is 131 g/mol. The molecule has 0 spiro atoms. The fourth-order valence-electron chi connectivity index (χ4n) is 0.394. The van der Waals surface area contributed by atoms with E-state index < -0.39 is 4.92 Å². The molecular weight excluding hydrogens is 122 g/mol. The van der Waals surface area contributed by atoms with Gasteiger partial charge in [-0.2, -0.15) is 0 Å². The highest BCUT2D eigenvalue weighted by Gasteiger charge is 2.00. The Balaban J connectivity index is 3.39. The van der Waals surface area contributed by atoms with E-state index in [1.165, 1.54) is 0 Å². The van der Waals surface area contributed by atoms with E-state index in [1.807, 2.05) is 0 Å². The molecule has 0 aromatic carbocycles. The molecule has 9 heavy (non-hydrogen) atoms. The zero-order valence-corrected chi connectivity index (χ0v) is 5.29. The summed E-state index contributed by atoms with van der Waals surface area (Å²) >= 11 is 0. The third-order valence-electron chi connectivity index (χ3n) is 0.654. The quantitative estimate of drug-likeness (QED) is 0.322. The third kappa shape index (κ3) is 4.80. The maximum atomic E-state index is 9.75. The van der Waals surface area contributed by atoms with Gasteiger partial charge in [-0.3, -0.25) is 10.1 Å². The lowest BCUT2D eigenvalue weighted by Crippen LogP contribution is -2.05. The highest BCUT2D eigenvalue weighted by Crippen LogP contribution is 1.91. The van der Waals surface area contributed by atoms with Crippen LogP contribution in [0.5, 0.6) is 0 Å². The molecule has 0 aliphatic rings. The highest BCUT2D eigenvalue weighted by molar-refractivity contribution is 4.80. The van der Waals surface area contributed by atoms with Gasteiger partial charge in [-0.25, -0.2) is 0 Å². The van der Waals surface area contributed by atoms with Crippen molar-refractivity contribution in [3.8, 4) is 0 Å². The predicted octanol–water partition coefficient (Wildman–Crippen LogP) is 0.813. The number of nitro groups is 1. The molecule has 4 nitrogen and oxygen atoms in total. The Morgan fingerprint density at radius 3 is 2.78 bits per heavy atom. The summed E-state index contributed by atoms with van der Waals surface area (Å²) in [6.07, 6.45) is 0. The van der Waals surface area contributed by atoms with Gasteiger partial charge in [0.1, 0.15) is 0 Å². The molecule has 0 saturated heterocycles. The minimum Gasteiger partial charge on any atom is -0.492 e. The molecule has 0 aliphatic heterocycles. The van der Waals surface area contributed by atoms with Crippen molar-refractivity contribution in [2.45, 2.75) is 6.92 Å². The van der Waals surface area contributed by atoms with Crippen LogP contribution in [0.15, 0.2) is 12.3 Å². The number of hydrogen-bond donors (Lipinski definition) is 0. The van der Waals surface area contributed by atoms with Gasteiger partial charge in [-0.1, -0.05) is 6.58 Å². The zero-order valence-electron chi connectivity index (χ0n) is 5.29. The first-order valence-electron chi connectivity index (χ1n) is 2.59. The van der Waals surface area contributed by atoms with E-state index in [9.17, 15) is 10.1 Å². The average molecular weight is 131 g/mol. The minimum atomic E-state index is -0.474. The van der Waals surface area contributed by atoms with Crippen LogP contribution in [0.3, 0.4) is 0 Å². The van der Waals surface area contributed by atoms with Gasteiger partial charge in [-0.05, 0) is 6.92 Å². The number of nitrogens with zero attached hydrogens (tertiary/aromatic N) is 1. The van der Waals surface area contributed by atoms with Crippen LogP contribution >= 0.6 is 0 Å². The molecule has 0 heterocycles. The van der Waals surface area contributed by atoms with Crippen LogP contribution in [-0.4, -0.2) is 18.1 Å². The normalized spacial score (nSPS) is 8.56. The van der Waals surface area contributed by atoms with Crippen LogP contribution in [-0.2, 0) is 4.74 Å². The molecule has 0 aliphatic carbocycles. The van der Waals surface area contributed by atoms with E-state index >= 15 is 0 Å². The van der Waals surface area contributed by atoms with Crippen LogP contribution in [0.4, 0.5) is 0 Å². The highest BCUT2D eigenvalue weighted by atomic mass is 16.6. The molecule has 52 valence electrons. The Morgan fingerprint density at radius 2 is 2.44 bits per heavy atom. The second-order valence-electron chi connectivity index (χ2n) is 1.46. The van der Waals surface area contributed by atoms with E-state index in [2.05, 4.69) is 6.58 Å². The molecule has 0 atom stereocenters. The molecule has 0 aromatic rings. The molecular formula is C5H9NO3. The first kappa shape index (κ1) is 7.94. The Morgan fingerprint density at radius 1 is 1.89 bits per heavy atom. The van der Waals surface area contributed by atoms with Gasteiger partial charge >= 0.3 is 0 Å². The minimum absolute atomic E-state index is 0.211. The molecule has 0 rings (SSSR count). The van der Waals surface area contributed by atoms with Crippen molar-refractivity contribution in [3.63, 3.8) is 0 Å². The van der Waals surface area contributed by atoms with Crippen LogP contribution in [0.25, 0.3) is 0 Å². The lowest BCUT2D eigenvalue weighted by Gasteiger charge is -1.99. The molecule has 0 amide bonds. The summed E-state index contributed by atoms with van der Waals surface area (Å²) < 4.78 is 4.72. The van der Waals surface area contributed by atoms with Crippen molar-refractivity contribution in [2.24, 2.45) is 0 Å². The van der Waals surface area contributed by atoms with E-state index in [0.717, 1.165) is 0 Å². The zero-order chi connectivity index (χ0) is 7.28. The summed E-state index contributed by atoms with van der Waals surface area (Å²) in [6.45, 7) is 5.22. The van der Waals surface area contributed by atoms with Gasteiger partial charge in [0.2, 0.25) is 0 Å².